The van der Waals surface area contributed by atoms with E-state index in [1.54, 1.807) is 0 Å². The monoisotopic (exact) mass is 61.1 g/mol. The predicted molar refractivity (Wildman–Crippen MR) is 17.8 cm³/mol. The summed E-state index contributed by atoms with van der Waals surface area (Å²) < 4.78 is 0. The van der Waals surface area contributed by atoms with Crippen molar-refractivity contribution in [3.05, 3.63) is 12.8 Å². The Kier molecular flexibility index (Phi) is 54.7. The number of hydrogen-bond acceptors (Lipinski definition) is 2. The molecule has 0 unspecified atom stereocenters. The molecule has 2 nitrogen and oxygen atoms in total. The molecule has 0 rings (SSSR count). The molecule has 0 aromatic rings. The summed E-state index contributed by atoms with van der Waals surface area (Å²) in [6, 6.07) is 0. The molecule has 2 heteroatoms. The minimum absolute atomic E-state index is 0. The van der Waals surface area contributed by atoms with Crippen molar-refractivity contribution in [2.45, 2.75) is 0 Å². The van der Waals surface area contributed by atoms with E-state index in [1.165, 1.54) is 0 Å². The van der Waals surface area contributed by atoms with Crippen molar-refractivity contribution in [3.8, 4) is 0 Å². The zero-order valence-electron chi connectivity index (χ0n) is 2.44. The summed E-state index contributed by atoms with van der Waals surface area (Å²) >= 11 is 0. The first-order valence-electron chi connectivity index (χ1n) is 0.666. The fourth-order valence-electron chi connectivity index (χ4n) is 0. The maximum atomic E-state index is 7.33. The minimum atomic E-state index is 0. The number of rotatable bonds is 0. The van der Waals surface area contributed by atoms with E-state index in [-0.39, 0.29) is 6.15 Å². The van der Waals surface area contributed by atoms with Gasteiger partial charge >= 0.3 is 0 Å². The lowest BCUT2D eigenvalue weighted by atomic mass is 11.2. The van der Waals surface area contributed by atoms with Crippen LogP contribution >= 0.6 is 0 Å². The van der Waals surface area contributed by atoms with Crippen LogP contribution in [0.15, 0.2) is 12.8 Å². The van der Waals surface area contributed by atoms with E-state index in [0.29, 0.717) is 0 Å². The van der Waals surface area contributed by atoms with Crippen LogP contribution in [-0.4, -0.2) is 5.11 Å². The van der Waals surface area contributed by atoms with Crippen molar-refractivity contribution >= 4 is 0 Å². The maximum absolute atomic E-state index is 7.33. The molecule has 0 aliphatic rings. The first-order valence-corrected chi connectivity index (χ1v) is 0.666. The molecule has 0 spiro atoms. The maximum Gasteiger partial charge on any atom is 0.0719 e. The van der Waals surface area contributed by atoms with Gasteiger partial charge in [-0.3, -0.25) is 0 Å². The Bertz CT molecular complexity index is 13.5. The highest BCUT2D eigenvalue weighted by molar-refractivity contribution is 4.38. The largest absolute Gasteiger partial charge is 0.516 e. The Morgan fingerprint density at radius 3 is 1.75 bits per heavy atom. The molecule has 0 fully saturated rings. The third-order valence-electron chi connectivity index (χ3n) is 0. The molecule has 0 radical (unpaired) electrons. The molecule has 0 bridgehead atoms. The predicted octanol–water partition coefficient (Wildman–Crippen LogP) is 0.850. The molecule has 0 aliphatic heterocycles. The van der Waals surface area contributed by atoms with Crippen LogP contribution in [0.4, 0.5) is 0 Å². The molecule has 0 atom stereocenters. The second-order valence-electron chi connectivity index (χ2n) is 0.183. The Balaban J connectivity index is 0. The Hall–Kier alpha value is -0.500. The third kappa shape index (κ3) is 1.50. The van der Waals surface area contributed by atoms with Gasteiger partial charge in [0, 0.05) is 0 Å². The van der Waals surface area contributed by atoms with Gasteiger partial charge in [0.25, 0.3) is 0 Å². The minimum Gasteiger partial charge on any atom is -0.516 e. The van der Waals surface area contributed by atoms with Gasteiger partial charge in [0.05, 0.1) is 6.26 Å². The quantitative estimate of drug-likeness (QED) is 0.408. The lowest BCUT2D eigenvalue weighted by molar-refractivity contribution is 0.476. The van der Waals surface area contributed by atoms with E-state index in [9.17, 15) is 0 Å². The molecule has 4 heavy (non-hydrogen) atoms. The molecule has 0 amide bonds. The van der Waals surface area contributed by atoms with Crippen molar-refractivity contribution in [3.63, 3.8) is 0 Å². The average molecular weight is 61.1 g/mol. The van der Waals surface area contributed by atoms with Crippen LogP contribution in [0.5, 0.6) is 0 Å². The summed E-state index contributed by atoms with van der Waals surface area (Å²) in [5, 5.41) is 7.33. The van der Waals surface area contributed by atoms with Gasteiger partial charge < -0.3 is 11.3 Å². The van der Waals surface area contributed by atoms with Crippen molar-refractivity contribution in [1.82, 2.24) is 6.15 Å². The molecule has 0 heterocycles. The highest BCUT2D eigenvalue weighted by Gasteiger charge is 1.11. The molecule has 26 valence electrons. The van der Waals surface area contributed by atoms with E-state index >= 15 is 0 Å². The number of aliphatic hydroxyl groups excluding tert-OH is 1. The molecule has 0 aliphatic carbocycles. The first kappa shape index (κ1) is 9.72. The van der Waals surface area contributed by atoms with Crippen LogP contribution in [0.2, 0.25) is 0 Å². The van der Waals surface area contributed by atoms with E-state index in [4.69, 9.17) is 5.11 Å². The van der Waals surface area contributed by atoms with Crippen molar-refractivity contribution in [2.75, 3.05) is 0 Å². The smallest absolute Gasteiger partial charge is 0.0719 e. The number of aliphatic hydroxyl groups is 1. The first-order chi connectivity index (χ1) is 1.41. The van der Waals surface area contributed by atoms with E-state index in [2.05, 4.69) is 6.58 Å². The Labute approximate surface area is 25.3 Å². The standard InChI is InChI=1S/C2H4O.H3N/c1-2-3;/h2-3H,1H2;1H3. The van der Waals surface area contributed by atoms with Gasteiger partial charge in [-0.25, -0.2) is 0 Å². The summed E-state index contributed by atoms with van der Waals surface area (Å²) in [5.41, 5.74) is 0. The third-order valence-corrected chi connectivity index (χ3v) is 0. The van der Waals surface area contributed by atoms with Crippen LogP contribution in [0, 0.1) is 0 Å². The molecule has 0 saturated carbocycles. The summed E-state index contributed by atoms with van der Waals surface area (Å²) in [6.45, 7) is 2.92. The second kappa shape index (κ2) is 22.5. The van der Waals surface area contributed by atoms with Gasteiger partial charge in [-0.05, 0) is 0 Å². The van der Waals surface area contributed by atoms with Crippen molar-refractivity contribution in [1.29, 1.82) is 0 Å². The number of hydrogen-bond donors (Lipinski definition) is 2. The second-order valence-corrected chi connectivity index (χ2v) is 0.183. The van der Waals surface area contributed by atoms with Gasteiger partial charge in [0.1, 0.15) is 0 Å². The zero-order chi connectivity index (χ0) is 2.71. The van der Waals surface area contributed by atoms with Crippen LogP contribution in [0.3, 0.4) is 0 Å². The molecule has 0 aromatic heterocycles. The normalized spacial score (nSPS) is 3.00. The molecular weight excluding hydrogens is 54.0 g/mol. The summed E-state index contributed by atoms with van der Waals surface area (Å²) in [7, 11) is 0. The van der Waals surface area contributed by atoms with Gasteiger partial charge in [-0.15, -0.1) is 0 Å². The molecule has 0 aromatic carbocycles. The zero-order valence-corrected chi connectivity index (χ0v) is 2.44. The van der Waals surface area contributed by atoms with E-state index in [0.717, 1.165) is 6.26 Å². The fraction of sp³-hybridized carbons (Fsp3) is 0. The Morgan fingerprint density at radius 2 is 1.75 bits per heavy atom. The highest BCUT2D eigenvalue weighted by atomic mass is 16.2. The van der Waals surface area contributed by atoms with Crippen molar-refractivity contribution in [2.24, 2.45) is 0 Å². The van der Waals surface area contributed by atoms with Gasteiger partial charge in [0.2, 0.25) is 0 Å². The van der Waals surface area contributed by atoms with Gasteiger partial charge in [0.15, 0.2) is 0 Å². The lowest BCUT2D eigenvalue weighted by Gasteiger charge is -1.41. The lowest BCUT2D eigenvalue weighted by Crippen LogP contribution is -1.25. The summed E-state index contributed by atoms with van der Waals surface area (Å²) in [5.74, 6) is 0. The van der Waals surface area contributed by atoms with E-state index in [1.807, 2.05) is 0 Å². The summed E-state index contributed by atoms with van der Waals surface area (Å²) in [6.07, 6.45) is 0.750. The van der Waals surface area contributed by atoms with Gasteiger partial charge in [-0.1, -0.05) is 6.58 Å². The summed E-state index contributed by atoms with van der Waals surface area (Å²) in [4.78, 5) is 0. The van der Waals surface area contributed by atoms with Crippen LogP contribution in [0.1, 0.15) is 0 Å². The van der Waals surface area contributed by atoms with Gasteiger partial charge in [-0.2, -0.15) is 0 Å². The Morgan fingerprint density at radius 1 is 1.75 bits per heavy atom. The van der Waals surface area contributed by atoms with Crippen molar-refractivity contribution < 1.29 is 5.11 Å². The van der Waals surface area contributed by atoms with Crippen LogP contribution in [-0.2, 0) is 0 Å². The molecule has 4 N–H and O–H groups in total. The molecular formula is C2H7NO. The fourth-order valence-corrected chi connectivity index (χ4v) is 0. The SMILES string of the molecule is C=CO.N. The molecule has 0 saturated heterocycles. The average Bonchev–Trinajstić information content (AvgIpc) is 0.918. The topological polar surface area (TPSA) is 55.2 Å². The van der Waals surface area contributed by atoms with E-state index < -0.39 is 0 Å². The highest BCUT2D eigenvalue weighted by Crippen LogP contribution is 1.26. The van der Waals surface area contributed by atoms with Crippen LogP contribution < -0.4 is 6.15 Å². The van der Waals surface area contributed by atoms with Crippen LogP contribution in [0.25, 0.3) is 0 Å².